The first-order valence-corrected chi connectivity index (χ1v) is 7.62. The number of urea groups is 1. The average Bonchev–Trinajstić information content (AvgIpc) is 2.47. The van der Waals surface area contributed by atoms with Gasteiger partial charge in [0.2, 0.25) is 0 Å². The van der Waals surface area contributed by atoms with Crippen molar-refractivity contribution in [3.05, 3.63) is 30.3 Å². The van der Waals surface area contributed by atoms with Crippen LogP contribution in [-0.2, 0) is 4.74 Å². The molecule has 1 fully saturated rings. The van der Waals surface area contributed by atoms with Crippen molar-refractivity contribution in [3.63, 3.8) is 0 Å². The van der Waals surface area contributed by atoms with E-state index in [4.69, 9.17) is 4.74 Å². The van der Waals surface area contributed by atoms with Crippen molar-refractivity contribution < 1.29 is 9.53 Å². The highest BCUT2D eigenvalue weighted by Gasteiger charge is 2.32. The minimum Gasteiger partial charge on any atom is -0.376 e. The second-order valence-electron chi connectivity index (χ2n) is 4.67. The first kappa shape index (κ1) is 14.2. The fraction of sp³-hybridized carbons (Fsp3) is 0.500. The van der Waals surface area contributed by atoms with Crippen LogP contribution in [0, 0.1) is 0 Å². The van der Waals surface area contributed by atoms with Crippen LogP contribution in [0.5, 0.6) is 0 Å². The molecule has 104 valence electrons. The monoisotopic (exact) mass is 280 g/mol. The van der Waals surface area contributed by atoms with Gasteiger partial charge in [0, 0.05) is 19.3 Å². The zero-order valence-corrected chi connectivity index (χ0v) is 12.0. The van der Waals surface area contributed by atoms with E-state index in [1.54, 1.807) is 7.11 Å². The zero-order chi connectivity index (χ0) is 13.6. The highest BCUT2D eigenvalue weighted by Crippen LogP contribution is 2.29. The molecule has 5 heteroatoms. The molecule has 0 unspecified atom stereocenters. The third-order valence-electron chi connectivity index (χ3n) is 3.44. The van der Waals surface area contributed by atoms with Crippen molar-refractivity contribution in [2.75, 3.05) is 30.5 Å². The Hall–Kier alpha value is -1.20. The predicted molar refractivity (Wildman–Crippen MR) is 79.8 cm³/mol. The third kappa shape index (κ3) is 4.14. The quantitative estimate of drug-likeness (QED) is 0.891. The summed E-state index contributed by atoms with van der Waals surface area (Å²) in [6.45, 7) is 0.558. The number of ether oxygens (including phenoxy) is 1. The number of methoxy groups -OCH3 is 1. The maximum absolute atomic E-state index is 11.8. The van der Waals surface area contributed by atoms with E-state index in [0.717, 1.165) is 30.0 Å². The second-order valence-corrected chi connectivity index (χ2v) is 5.90. The summed E-state index contributed by atoms with van der Waals surface area (Å²) < 4.78 is 5.62. The molecule has 0 saturated carbocycles. The molecular weight excluding hydrogens is 260 g/mol. The molecule has 0 aromatic heterocycles. The van der Waals surface area contributed by atoms with E-state index in [-0.39, 0.29) is 11.6 Å². The van der Waals surface area contributed by atoms with Gasteiger partial charge in [-0.25, -0.2) is 4.79 Å². The van der Waals surface area contributed by atoms with E-state index >= 15 is 0 Å². The van der Waals surface area contributed by atoms with Gasteiger partial charge in [-0.15, -0.1) is 0 Å². The predicted octanol–water partition coefficient (Wildman–Crippen LogP) is 2.72. The van der Waals surface area contributed by atoms with Crippen LogP contribution in [0.2, 0.25) is 0 Å². The van der Waals surface area contributed by atoms with Crippen molar-refractivity contribution in [1.29, 1.82) is 0 Å². The first-order chi connectivity index (χ1) is 9.24. The van der Waals surface area contributed by atoms with Crippen LogP contribution >= 0.6 is 11.8 Å². The summed E-state index contributed by atoms with van der Waals surface area (Å²) >= 11 is 1.94. The van der Waals surface area contributed by atoms with Crippen molar-refractivity contribution in [3.8, 4) is 0 Å². The lowest BCUT2D eigenvalue weighted by atomic mass is 9.96. The van der Waals surface area contributed by atoms with Crippen LogP contribution in [-0.4, -0.2) is 36.8 Å². The average molecular weight is 280 g/mol. The maximum Gasteiger partial charge on any atom is 0.319 e. The number of carbonyl (C=O) groups excluding carboxylic acids is 1. The van der Waals surface area contributed by atoms with E-state index < -0.39 is 0 Å². The molecule has 0 aliphatic carbocycles. The highest BCUT2D eigenvalue weighted by molar-refractivity contribution is 7.99. The summed E-state index contributed by atoms with van der Waals surface area (Å²) in [4.78, 5) is 11.8. The molecule has 1 aromatic carbocycles. The van der Waals surface area contributed by atoms with Gasteiger partial charge in [0.15, 0.2) is 0 Å². The number of thioether (sulfide) groups is 1. The van der Waals surface area contributed by atoms with Crippen LogP contribution in [0.3, 0.4) is 0 Å². The molecule has 4 nitrogen and oxygen atoms in total. The molecule has 2 N–H and O–H groups in total. The number of hydrogen-bond donors (Lipinski definition) is 2. The number of rotatable bonds is 4. The van der Waals surface area contributed by atoms with Gasteiger partial charge in [-0.2, -0.15) is 11.8 Å². The highest BCUT2D eigenvalue weighted by atomic mass is 32.2. The van der Waals surface area contributed by atoms with Crippen LogP contribution in [0.1, 0.15) is 12.8 Å². The number of hydrogen-bond acceptors (Lipinski definition) is 3. The number of benzene rings is 1. The summed E-state index contributed by atoms with van der Waals surface area (Å²) in [5.74, 6) is 2.19. The minimum atomic E-state index is -0.195. The Morgan fingerprint density at radius 2 is 2.00 bits per heavy atom. The number of nitrogens with one attached hydrogen (secondary N) is 2. The smallest absolute Gasteiger partial charge is 0.319 e. The Labute approximate surface area is 118 Å². The first-order valence-electron chi connectivity index (χ1n) is 6.47. The standard InChI is InChI=1S/C14H20N2O2S/c1-18-14(7-9-19-10-8-14)11-15-13(17)16-12-5-3-2-4-6-12/h2-6H,7-11H2,1H3,(H2,15,16,17). The van der Waals surface area contributed by atoms with Gasteiger partial charge in [0.1, 0.15) is 0 Å². The van der Waals surface area contributed by atoms with Gasteiger partial charge < -0.3 is 15.4 Å². The van der Waals surface area contributed by atoms with Crippen molar-refractivity contribution in [2.24, 2.45) is 0 Å². The fourth-order valence-electron chi connectivity index (χ4n) is 2.13. The lowest BCUT2D eigenvalue weighted by Gasteiger charge is -2.35. The Morgan fingerprint density at radius 3 is 2.63 bits per heavy atom. The molecule has 1 aromatic rings. The van der Waals surface area contributed by atoms with Crippen LogP contribution in [0.25, 0.3) is 0 Å². The molecule has 0 bridgehead atoms. The largest absolute Gasteiger partial charge is 0.376 e. The van der Waals surface area contributed by atoms with E-state index in [1.165, 1.54) is 0 Å². The lowest BCUT2D eigenvalue weighted by molar-refractivity contribution is -0.0134. The van der Waals surface area contributed by atoms with Crippen LogP contribution in [0.15, 0.2) is 30.3 Å². The van der Waals surface area contributed by atoms with E-state index in [9.17, 15) is 4.79 Å². The van der Waals surface area contributed by atoms with Crippen LogP contribution < -0.4 is 10.6 Å². The third-order valence-corrected chi connectivity index (χ3v) is 4.43. The number of para-hydroxylation sites is 1. The molecule has 1 saturated heterocycles. The molecule has 0 radical (unpaired) electrons. The molecule has 19 heavy (non-hydrogen) atoms. The van der Waals surface area contributed by atoms with Gasteiger partial charge in [0.25, 0.3) is 0 Å². The summed E-state index contributed by atoms with van der Waals surface area (Å²) in [5.41, 5.74) is 0.602. The summed E-state index contributed by atoms with van der Waals surface area (Å²) in [6.07, 6.45) is 1.97. The van der Waals surface area contributed by atoms with Crippen molar-refractivity contribution >= 4 is 23.5 Å². The maximum atomic E-state index is 11.8. The molecule has 0 spiro atoms. The molecule has 1 aliphatic rings. The lowest BCUT2D eigenvalue weighted by Crippen LogP contribution is -2.47. The molecule has 0 atom stereocenters. The van der Waals surface area contributed by atoms with Gasteiger partial charge in [-0.05, 0) is 36.5 Å². The summed E-state index contributed by atoms with van der Waals surface area (Å²) in [7, 11) is 1.73. The van der Waals surface area contributed by atoms with E-state index in [1.807, 2.05) is 42.1 Å². The van der Waals surface area contributed by atoms with E-state index in [2.05, 4.69) is 10.6 Å². The molecule has 1 aliphatic heterocycles. The Bertz CT molecular complexity index is 405. The molecule has 1 heterocycles. The van der Waals surface area contributed by atoms with Gasteiger partial charge in [0.05, 0.1) is 5.60 Å². The molecular formula is C14H20N2O2S. The summed E-state index contributed by atoms with van der Waals surface area (Å²) in [5, 5.41) is 5.72. The van der Waals surface area contributed by atoms with Gasteiger partial charge >= 0.3 is 6.03 Å². The van der Waals surface area contributed by atoms with Crippen molar-refractivity contribution in [2.45, 2.75) is 18.4 Å². The van der Waals surface area contributed by atoms with E-state index in [0.29, 0.717) is 6.54 Å². The van der Waals surface area contributed by atoms with Gasteiger partial charge in [-0.3, -0.25) is 0 Å². The Kier molecular flexibility index (Phi) is 5.10. The zero-order valence-electron chi connectivity index (χ0n) is 11.1. The normalized spacial score (nSPS) is 17.7. The Morgan fingerprint density at radius 1 is 1.32 bits per heavy atom. The minimum absolute atomic E-state index is 0.180. The number of anilines is 1. The van der Waals surface area contributed by atoms with Gasteiger partial charge in [-0.1, -0.05) is 18.2 Å². The number of amides is 2. The molecule has 2 rings (SSSR count). The summed E-state index contributed by atoms with van der Waals surface area (Å²) in [6, 6.07) is 9.25. The molecule has 2 amide bonds. The SMILES string of the molecule is COC1(CNC(=O)Nc2ccccc2)CCSCC1. The van der Waals surface area contributed by atoms with Crippen molar-refractivity contribution in [1.82, 2.24) is 5.32 Å². The fourth-order valence-corrected chi connectivity index (χ4v) is 3.37. The topological polar surface area (TPSA) is 50.4 Å². The van der Waals surface area contributed by atoms with Crippen LogP contribution in [0.4, 0.5) is 10.5 Å². The number of carbonyl (C=O) groups is 1. The Balaban J connectivity index is 1.82. The second kappa shape index (κ2) is 6.82.